The minimum absolute atomic E-state index is 0.0171. The van der Waals surface area contributed by atoms with Crippen LogP contribution < -0.4 is 5.32 Å². The summed E-state index contributed by atoms with van der Waals surface area (Å²) in [5.74, 6) is -0.276. The summed E-state index contributed by atoms with van der Waals surface area (Å²) >= 11 is 13.1. The van der Waals surface area contributed by atoms with E-state index in [1.54, 1.807) is 37.3 Å². The molecule has 3 aromatic rings. The van der Waals surface area contributed by atoms with Gasteiger partial charge in [0.2, 0.25) is 5.91 Å². The maximum Gasteiger partial charge on any atom is 0.228 e. The topological polar surface area (TPSA) is 67.6 Å². The third kappa shape index (κ3) is 6.55. The van der Waals surface area contributed by atoms with E-state index in [1.807, 2.05) is 25.1 Å². The third-order valence-corrected chi connectivity index (χ3v) is 8.10. The fraction of sp³-hybridized carbons (Fsp3) is 0.214. The van der Waals surface area contributed by atoms with E-state index < -0.39 is 9.84 Å². The molecule has 0 radical (unpaired) electrons. The molecule has 0 aliphatic heterocycles. The van der Waals surface area contributed by atoms with Crippen LogP contribution in [0.5, 0.6) is 0 Å². The molecular weight excluding hydrogens is 515 g/mol. The quantitative estimate of drug-likeness (QED) is 0.294. The predicted octanol–water partition coefficient (Wildman–Crippen LogP) is 8.00. The van der Waals surface area contributed by atoms with Crippen molar-refractivity contribution in [3.8, 4) is 11.1 Å². The molecule has 36 heavy (non-hydrogen) atoms. The summed E-state index contributed by atoms with van der Waals surface area (Å²) < 4.78 is 23.9. The second kappa shape index (κ2) is 11.7. The van der Waals surface area contributed by atoms with Crippen LogP contribution >= 0.6 is 23.2 Å². The molecule has 0 spiro atoms. The number of anilines is 1. The first-order valence-corrected chi connectivity index (χ1v) is 13.8. The van der Waals surface area contributed by atoms with Gasteiger partial charge >= 0.3 is 0 Å². The molecule has 0 saturated heterocycles. The second-order valence-electron chi connectivity index (χ2n) is 8.32. The number of hydrogen-bond donors (Lipinski definition) is 1. The van der Waals surface area contributed by atoms with Crippen molar-refractivity contribution in [1.82, 2.24) is 0 Å². The third-order valence-electron chi connectivity index (χ3n) is 5.75. The van der Waals surface area contributed by atoms with Crippen molar-refractivity contribution in [3.05, 3.63) is 92.8 Å². The monoisotopic (exact) mass is 540 g/mol. The zero-order valence-electron chi connectivity index (χ0n) is 20.2. The van der Waals surface area contributed by atoms with Crippen LogP contribution in [0, 0.1) is 6.57 Å². The Morgan fingerprint density at radius 3 is 2.22 bits per heavy atom. The van der Waals surface area contributed by atoms with E-state index in [-0.39, 0.29) is 23.0 Å². The zero-order valence-corrected chi connectivity index (χ0v) is 22.6. The Hall–Kier alpha value is -3.11. The maximum atomic E-state index is 12.6. The molecular formula is C28H26Cl2N2O3S. The van der Waals surface area contributed by atoms with Crippen LogP contribution in [0.2, 0.25) is 10.0 Å². The van der Waals surface area contributed by atoms with Gasteiger partial charge in [-0.2, -0.15) is 0 Å². The predicted molar refractivity (Wildman–Crippen MR) is 149 cm³/mol. The molecule has 1 amide bonds. The van der Waals surface area contributed by atoms with E-state index in [0.717, 1.165) is 12.0 Å². The summed E-state index contributed by atoms with van der Waals surface area (Å²) in [7, 11) is -3.29. The molecule has 0 aliphatic rings. The van der Waals surface area contributed by atoms with Crippen molar-refractivity contribution in [1.29, 1.82) is 0 Å². The summed E-state index contributed by atoms with van der Waals surface area (Å²) in [6.07, 6.45) is 2.95. The number of carbonyl (C=O) groups is 1. The molecule has 0 saturated carbocycles. The summed E-state index contributed by atoms with van der Waals surface area (Å²) in [4.78, 5) is 16.5. The van der Waals surface area contributed by atoms with E-state index >= 15 is 0 Å². The molecule has 0 heterocycles. The van der Waals surface area contributed by atoms with Gasteiger partial charge in [0.25, 0.3) is 0 Å². The van der Waals surface area contributed by atoms with Crippen molar-refractivity contribution < 1.29 is 13.2 Å². The smallest absolute Gasteiger partial charge is 0.228 e. The van der Waals surface area contributed by atoms with Gasteiger partial charge in [-0.1, -0.05) is 73.0 Å². The Morgan fingerprint density at radius 2 is 1.67 bits per heavy atom. The van der Waals surface area contributed by atoms with Crippen LogP contribution in [0.4, 0.5) is 11.4 Å². The van der Waals surface area contributed by atoms with Crippen molar-refractivity contribution in [2.45, 2.75) is 38.5 Å². The van der Waals surface area contributed by atoms with Gasteiger partial charge < -0.3 is 5.32 Å². The number of benzene rings is 3. The number of nitrogens with zero attached hydrogens (tertiary/aromatic N) is 1. The van der Waals surface area contributed by atoms with Crippen LogP contribution in [-0.2, 0) is 21.1 Å². The second-order valence-corrected chi connectivity index (χ2v) is 11.4. The number of halogens is 2. The Bertz CT molecular complexity index is 1450. The molecule has 0 unspecified atom stereocenters. The molecule has 3 rings (SSSR count). The Balaban J connectivity index is 1.80. The average molecular weight is 542 g/mol. The zero-order chi connectivity index (χ0) is 26.5. The molecule has 0 atom stereocenters. The number of sulfone groups is 1. The molecule has 0 aromatic heterocycles. The van der Waals surface area contributed by atoms with Gasteiger partial charge in [0, 0.05) is 11.3 Å². The first-order chi connectivity index (χ1) is 17.1. The van der Waals surface area contributed by atoms with Crippen molar-refractivity contribution in [2.24, 2.45) is 0 Å². The highest BCUT2D eigenvalue weighted by Crippen LogP contribution is 2.39. The van der Waals surface area contributed by atoms with Gasteiger partial charge in [0.15, 0.2) is 15.5 Å². The highest BCUT2D eigenvalue weighted by Gasteiger charge is 2.15. The lowest BCUT2D eigenvalue weighted by Gasteiger charge is -2.13. The number of carbonyl (C=O) groups excluding carboxylic acids is 1. The molecule has 186 valence electrons. The van der Waals surface area contributed by atoms with Crippen LogP contribution in [0.25, 0.3) is 22.0 Å². The molecule has 1 N–H and O–H groups in total. The fourth-order valence-electron chi connectivity index (χ4n) is 3.58. The summed E-state index contributed by atoms with van der Waals surface area (Å²) in [5.41, 5.74) is 4.92. The molecule has 0 aliphatic carbocycles. The van der Waals surface area contributed by atoms with E-state index in [9.17, 15) is 13.2 Å². The average Bonchev–Trinajstić information content (AvgIpc) is 2.84. The highest BCUT2D eigenvalue weighted by atomic mass is 35.5. The van der Waals surface area contributed by atoms with Crippen molar-refractivity contribution in [2.75, 3.05) is 11.1 Å². The van der Waals surface area contributed by atoms with Crippen molar-refractivity contribution >= 4 is 56.4 Å². The van der Waals surface area contributed by atoms with Crippen LogP contribution in [0.15, 0.2) is 65.1 Å². The van der Waals surface area contributed by atoms with Crippen LogP contribution in [0.1, 0.15) is 38.3 Å². The Labute approximate surface area is 222 Å². The van der Waals surface area contributed by atoms with E-state index in [4.69, 9.17) is 29.8 Å². The van der Waals surface area contributed by atoms with E-state index in [1.165, 1.54) is 17.7 Å². The molecule has 0 bridgehead atoms. The number of amides is 1. The standard InChI is InChI=1S/C28H26Cl2N2O3S/c1-5-18(3)13-20-9-10-21(15-26(20)31-4)28-24(29)16-22(17-25(28)30)32-27(33)14-19-7-11-23(12-8-19)36(34,35)6-2/h7-13,15-17H,5-6,14H2,1-3H3,(H,32,33)/b18-13+. The van der Waals surface area contributed by atoms with Crippen molar-refractivity contribution in [3.63, 3.8) is 0 Å². The molecule has 3 aromatic carbocycles. The van der Waals surface area contributed by atoms with Gasteiger partial charge in [-0.15, -0.1) is 0 Å². The highest BCUT2D eigenvalue weighted by molar-refractivity contribution is 7.91. The Kier molecular flexibility index (Phi) is 8.97. The van der Waals surface area contributed by atoms with Gasteiger partial charge in [-0.25, -0.2) is 13.3 Å². The Morgan fingerprint density at radius 1 is 1.03 bits per heavy atom. The van der Waals surface area contributed by atoms with Gasteiger partial charge in [-0.3, -0.25) is 4.79 Å². The number of hydrogen-bond acceptors (Lipinski definition) is 3. The number of allylic oxidation sites excluding steroid dienone is 1. The summed E-state index contributed by atoms with van der Waals surface area (Å²) in [6.45, 7) is 13.2. The van der Waals surface area contributed by atoms with Crippen LogP contribution in [0.3, 0.4) is 0 Å². The summed E-state index contributed by atoms with van der Waals surface area (Å²) in [5, 5.41) is 3.47. The molecule has 0 fully saturated rings. The normalized spacial score (nSPS) is 11.7. The minimum Gasteiger partial charge on any atom is -0.326 e. The van der Waals surface area contributed by atoms with E-state index in [0.29, 0.717) is 38.1 Å². The lowest BCUT2D eigenvalue weighted by Crippen LogP contribution is -2.14. The number of rotatable bonds is 8. The molecule has 8 heteroatoms. The molecule has 5 nitrogen and oxygen atoms in total. The fourth-order valence-corrected chi connectivity index (χ4v) is 5.17. The lowest BCUT2D eigenvalue weighted by molar-refractivity contribution is -0.115. The van der Waals surface area contributed by atoms with Gasteiger partial charge in [0.05, 0.1) is 33.7 Å². The van der Waals surface area contributed by atoms with Gasteiger partial charge in [0.1, 0.15) is 0 Å². The van der Waals surface area contributed by atoms with E-state index in [2.05, 4.69) is 17.1 Å². The largest absolute Gasteiger partial charge is 0.326 e. The number of nitrogens with one attached hydrogen (secondary N) is 1. The van der Waals surface area contributed by atoms with Crippen LogP contribution in [-0.4, -0.2) is 20.1 Å². The van der Waals surface area contributed by atoms with Gasteiger partial charge in [-0.05, 0) is 60.4 Å². The maximum absolute atomic E-state index is 12.6. The SMILES string of the molecule is [C-]#[N+]c1cc(-c2c(Cl)cc(NC(=O)Cc3ccc(S(=O)(=O)CC)cc3)cc2Cl)ccc1/C=C(\C)CC. The first-order valence-electron chi connectivity index (χ1n) is 11.4. The minimum atomic E-state index is -3.29. The first kappa shape index (κ1) is 27.5. The summed E-state index contributed by atoms with van der Waals surface area (Å²) in [6, 6.07) is 15.0. The lowest BCUT2D eigenvalue weighted by atomic mass is 10.0.